The van der Waals surface area contributed by atoms with E-state index in [0.29, 0.717) is 17.4 Å². The molecular weight excluding hydrogens is 260 g/mol. The maximum Gasteiger partial charge on any atom is 0.241 e. The molecule has 1 saturated carbocycles. The molecule has 0 atom stereocenters. The average Bonchev–Trinajstić information content (AvgIpc) is 3.10. The molecule has 5 heteroatoms. The highest BCUT2D eigenvalue weighted by atomic mass is 32.2. The number of hydrogen-bond acceptors (Lipinski definition) is 3. The lowest BCUT2D eigenvalue weighted by Gasteiger charge is -2.26. The van der Waals surface area contributed by atoms with E-state index in [9.17, 15) is 8.42 Å². The van der Waals surface area contributed by atoms with Crippen LogP contribution in [0.25, 0.3) is 0 Å². The van der Waals surface area contributed by atoms with E-state index < -0.39 is 10.0 Å². The molecule has 0 aliphatic heterocycles. The summed E-state index contributed by atoms with van der Waals surface area (Å²) >= 11 is 0. The van der Waals surface area contributed by atoms with Crippen molar-refractivity contribution in [1.82, 2.24) is 4.72 Å². The zero-order valence-electron chi connectivity index (χ0n) is 11.7. The van der Waals surface area contributed by atoms with Gasteiger partial charge in [-0.25, -0.2) is 13.1 Å². The molecule has 1 aliphatic carbocycles. The van der Waals surface area contributed by atoms with Gasteiger partial charge in [-0.2, -0.15) is 0 Å². The van der Waals surface area contributed by atoms with E-state index in [1.165, 1.54) is 0 Å². The summed E-state index contributed by atoms with van der Waals surface area (Å²) in [6, 6.07) is 5.24. The van der Waals surface area contributed by atoms with Crippen molar-refractivity contribution in [1.29, 1.82) is 0 Å². The van der Waals surface area contributed by atoms with Crippen molar-refractivity contribution in [2.75, 3.05) is 0 Å². The number of sulfonamides is 1. The predicted molar refractivity (Wildman–Crippen MR) is 76.2 cm³/mol. The minimum atomic E-state index is -3.47. The van der Waals surface area contributed by atoms with Crippen LogP contribution >= 0.6 is 0 Å². The van der Waals surface area contributed by atoms with Gasteiger partial charge >= 0.3 is 0 Å². The molecule has 1 aromatic rings. The van der Waals surface area contributed by atoms with Gasteiger partial charge in [0.15, 0.2) is 0 Å². The summed E-state index contributed by atoms with van der Waals surface area (Å²) in [5.41, 5.74) is 6.87. The van der Waals surface area contributed by atoms with E-state index in [1.807, 2.05) is 19.9 Å². The molecule has 1 aromatic carbocycles. The Kier molecular flexibility index (Phi) is 3.73. The monoisotopic (exact) mass is 282 g/mol. The third-order valence-electron chi connectivity index (χ3n) is 3.76. The summed E-state index contributed by atoms with van der Waals surface area (Å²) < 4.78 is 27.7. The van der Waals surface area contributed by atoms with Gasteiger partial charge in [0.05, 0.1) is 4.90 Å². The van der Waals surface area contributed by atoms with Gasteiger partial charge in [-0.05, 0) is 56.7 Å². The highest BCUT2D eigenvalue weighted by molar-refractivity contribution is 7.89. The molecule has 0 heterocycles. The van der Waals surface area contributed by atoms with Gasteiger partial charge in [-0.1, -0.05) is 12.1 Å². The zero-order valence-corrected chi connectivity index (χ0v) is 12.5. The second kappa shape index (κ2) is 4.89. The first-order valence-electron chi connectivity index (χ1n) is 6.60. The summed E-state index contributed by atoms with van der Waals surface area (Å²) in [5, 5.41) is 0. The second-order valence-corrected chi connectivity index (χ2v) is 7.56. The van der Waals surface area contributed by atoms with E-state index in [1.54, 1.807) is 19.1 Å². The van der Waals surface area contributed by atoms with Crippen LogP contribution in [0, 0.1) is 12.8 Å². The standard InChI is InChI=1S/C14H22N2O2S/c1-10-8-11(9-15)4-7-13(10)19(17,18)16-14(2,3)12-5-6-12/h4,7-8,12,16H,5-6,9,15H2,1-3H3. The molecule has 0 aromatic heterocycles. The number of aryl methyl sites for hydroxylation is 1. The fourth-order valence-electron chi connectivity index (χ4n) is 2.43. The molecule has 0 saturated heterocycles. The van der Waals surface area contributed by atoms with Gasteiger partial charge in [0.2, 0.25) is 10.0 Å². The molecule has 1 fully saturated rings. The van der Waals surface area contributed by atoms with E-state index in [4.69, 9.17) is 5.73 Å². The first-order chi connectivity index (χ1) is 8.76. The van der Waals surface area contributed by atoms with Crippen molar-refractivity contribution >= 4 is 10.0 Å². The summed E-state index contributed by atoms with van der Waals surface area (Å²) in [7, 11) is -3.47. The third kappa shape index (κ3) is 3.16. The van der Waals surface area contributed by atoms with Crippen molar-refractivity contribution in [3.8, 4) is 0 Å². The minimum Gasteiger partial charge on any atom is -0.326 e. The molecule has 106 valence electrons. The SMILES string of the molecule is Cc1cc(CN)ccc1S(=O)(=O)NC(C)(C)C1CC1. The Morgan fingerprint density at radius 1 is 1.37 bits per heavy atom. The molecule has 2 rings (SSSR count). The highest BCUT2D eigenvalue weighted by Crippen LogP contribution is 2.40. The van der Waals surface area contributed by atoms with Crippen LogP contribution in [0.2, 0.25) is 0 Å². The maximum atomic E-state index is 12.5. The van der Waals surface area contributed by atoms with Crippen LogP contribution < -0.4 is 10.5 Å². The lowest BCUT2D eigenvalue weighted by Crippen LogP contribution is -2.45. The van der Waals surface area contributed by atoms with Gasteiger partial charge in [-0.3, -0.25) is 0 Å². The van der Waals surface area contributed by atoms with Gasteiger partial charge < -0.3 is 5.73 Å². The van der Waals surface area contributed by atoms with Crippen molar-refractivity contribution in [2.24, 2.45) is 11.7 Å². The number of hydrogen-bond donors (Lipinski definition) is 2. The average molecular weight is 282 g/mol. The van der Waals surface area contributed by atoms with Crippen molar-refractivity contribution in [3.63, 3.8) is 0 Å². The van der Waals surface area contributed by atoms with Gasteiger partial charge in [-0.15, -0.1) is 0 Å². The molecule has 3 N–H and O–H groups in total. The Balaban J connectivity index is 2.29. The van der Waals surface area contributed by atoms with Gasteiger partial charge in [0, 0.05) is 12.1 Å². The maximum absolute atomic E-state index is 12.5. The Bertz CT molecular complexity index is 575. The first kappa shape index (κ1) is 14.5. The summed E-state index contributed by atoms with van der Waals surface area (Å²) in [6.07, 6.45) is 2.20. The summed E-state index contributed by atoms with van der Waals surface area (Å²) in [5.74, 6) is 0.450. The zero-order chi connectivity index (χ0) is 14.3. The fourth-order valence-corrected chi connectivity index (χ4v) is 4.13. The van der Waals surface area contributed by atoms with Crippen LogP contribution in [0.5, 0.6) is 0 Å². The van der Waals surface area contributed by atoms with E-state index in [0.717, 1.165) is 24.0 Å². The van der Waals surface area contributed by atoms with Crippen LogP contribution in [0.15, 0.2) is 23.1 Å². The molecule has 1 aliphatic rings. The van der Waals surface area contributed by atoms with Crippen molar-refractivity contribution in [2.45, 2.75) is 50.6 Å². The molecule has 4 nitrogen and oxygen atoms in total. The number of nitrogens with two attached hydrogens (primary N) is 1. The largest absolute Gasteiger partial charge is 0.326 e. The third-order valence-corrected chi connectivity index (χ3v) is 5.59. The van der Waals surface area contributed by atoms with Crippen LogP contribution in [0.3, 0.4) is 0 Å². The number of rotatable bonds is 5. The highest BCUT2D eigenvalue weighted by Gasteiger charge is 2.40. The number of nitrogens with one attached hydrogen (secondary N) is 1. The van der Waals surface area contributed by atoms with Gasteiger partial charge in [0.1, 0.15) is 0 Å². The normalized spacial score (nSPS) is 16.6. The van der Waals surface area contributed by atoms with Gasteiger partial charge in [0.25, 0.3) is 0 Å². The second-order valence-electron chi connectivity index (χ2n) is 5.91. The fraction of sp³-hybridized carbons (Fsp3) is 0.571. The molecule has 19 heavy (non-hydrogen) atoms. The lowest BCUT2D eigenvalue weighted by atomic mass is 10.0. The van der Waals surface area contributed by atoms with Crippen molar-refractivity contribution in [3.05, 3.63) is 29.3 Å². The Morgan fingerprint density at radius 3 is 2.47 bits per heavy atom. The molecule has 0 radical (unpaired) electrons. The Hall–Kier alpha value is -0.910. The molecule has 0 amide bonds. The summed E-state index contributed by atoms with van der Waals surface area (Å²) in [4.78, 5) is 0.346. The van der Waals surface area contributed by atoms with E-state index in [-0.39, 0.29) is 5.54 Å². The lowest BCUT2D eigenvalue weighted by molar-refractivity contribution is 0.400. The van der Waals surface area contributed by atoms with Crippen molar-refractivity contribution < 1.29 is 8.42 Å². The Morgan fingerprint density at radius 2 is 2.00 bits per heavy atom. The minimum absolute atomic E-state index is 0.346. The molecular formula is C14H22N2O2S. The smallest absolute Gasteiger partial charge is 0.241 e. The molecule has 0 bridgehead atoms. The topological polar surface area (TPSA) is 72.2 Å². The first-order valence-corrected chi connectivity index (χ1v) is 8.08. The Labute approximate surface area is 115 Å². The predicted octanol–water partition coefficient (Wildman–Crippen LogP) is 1.92. The van der Waals surface area contributed by atoms with E-state index >= 15 is 0 Å². The van der Waals surface area contributed by atoms with Crippen LogP contribution in [0.4, 0.5) is 0 Å². The quantitative estimate of drug-likeness (QED) is 0.866. The summed E-state index contributed by atoms with van der Waals surface area (Å²) in [6.45, 7) is 6.12. The number of benzene rings is 1. The van der Waals surface area contributed by atoms with Crippen LogP contribution in [0.1, 0.15) is 37.8 Å². The van der Waals surface area contributed by atoms with Crippen LogP contribution in [-0.4, -0.2) is 14.0 Å². The van der Waals surface area contributed by atoms with E-state index in [2.05, 4.69) is 4.72 Å². The molecule has 0 spiro atoms. The van der Waals surface area contributed by atoms with Crippen LogP contribution in [-0.2, 0) is 16.6 Å². The molecule has 0 unspecified atom stereocenters.